The van der Waals surface area contributed by atoms with Crippen LogP contribution in [0.15, 0.2) is 18.5 Å². The number of hydrogen-bond donors (Lipinski definition) is 2. The second-order valence-electron chi connectivity index (χ2n) is 6.17. The minimum Gasteiger partial charge on any atom is -0.352 e. The predicted octanol–water partition coefficient (Wildman–Crippen LogP) is 3.16. The number of aryl methyl sites for hydroxylation is 1. The van der Waals surface area contributed by atoms with Crippen molar-refractivity contribution in [1.82, 2.24) is 15.1 Å². The van der Waals surface area contributed by atoms with Crippen molar-refractivity contribution in [3.8, 4) is 0 Å². The Morgan fingerprint density at radius 2 is 2.12 bits per heavy atom. The van der Waals surface area contributed by atoms with Crippen molar-refractivity contribution in [3.05, 3.63) is 34.5 Å². The van der Waals surface area contributed by atoms with Crippen LogP contribution in [0.25, 0.3) is 0 Å². The van der Waals surface area contributed by atoms with Crippen LogP contribution in [-0.4, -0.2) is 28.1 Å². The number of aromatic nitrogens is 2. The van der Waals surface area contributed by atoms with Crippen molar-refractivity contribution in [3.63, 3.8) is 0 Å². The highest BCUT2D eigenvalue weighted by Gasteiger charge is 2.28. The van der Waals surface area contributed by atoms with Gasteiger partial charge in [0, 0.05) is 23.8 Å². The lowest BCUT2D eigenvalue weighted by atomic mass is 9.95. The van der Waals surface area contributed by atoms with Gasteiger partial charge >= 0.3 is 0 Å². The quantitative estimate of drug-likeness (QED) is 0.831. The molecule has 1 aliphatic rings. The summed E-state index contributed by atoms with van der Waals surface area (Å²) in [5.41, 5.74) is 1.77. The first-order chi connectivity index (χ1) is 12.2. The van der Waals surface area contributed by atoms with Gasteiger partial charge in [-0.1, -0.05) is 6.92 Å². The fourth-order valence-electron chi connectivity index (χ4n) is 3.30. The molecule has 7 heteroatoms. The van der Waals surface area contributed by atoms with Crippen molar-refractivity contribution in [2.45, 2.75) is 52.0 Å². The Morgan fingerprint density at radius 3 is 2.80 bits per heavy atom. The van der Waals surface area contributed by atoms with Crippen molar-refractivity contribution in [1.29, 1.82) is 0 Å². The van der Waals surface area contributed by atoms with E-state index in [9.17, 15) is 9.59 Å². The number of nitrogens with zero attached hydrogens (tertiary/aromatic N) is 2. The van der Waals surface area contributed by atoms with E-state index in [1.165, 1.54) is 4.88 Å². The molecule has 0 saturated carbocycles. The fourth-order valence-corrected chi connectivity index (χ4v) is 4.59. The topological polar surface area (TPSA) is 76.0 Å². The van der Waals surface area contributed by atoms with Gasteiger partial charge < -0.3 is 10.6 Å². The second kappa shape index (κ2) is 7.82. The van der Waals surface area contributed by atoms with E-state index in [2.05, 4.69) is 15.7 Å². The molecule has 25 heavy (non-hydrogen) atoms. The van der Waals surface area contributed by atoms with Gasteiger partial charge in [-0.05, 0) is 50.7 Å². The molecule has 3 rings (SSSR count). The molecule has 0 saturated heterocycles. The Kier molecular flexibility index (Phi) is 5.53. The van der Waals surface area contributed by atoms with Crippen LogP contribution in [0.2, 0.25) is 0 Å². The van der Waals surface area contributed by atoms with Gasteiger partial charge in [0.2, 0.25) is 5.91 Å². The molecule has 2 amide bonds. The van der Waals surface area contributed by atoms with Gasteiger partial charge in [-0.15, -0.1) is 11.3 Å². The van der Waals surface area contributed by atoms with E-state index in [0.717, 1.165) is 31.2 Å². The van der Waals surface area contributed by atoms with Gasteiger partial charge in [-0.2, -0.15) is 5.10 Å². The highest BCUT2D eigenvalue weighted by Crippen LogP contribution is 2.38. The van der Waals surface area contributed by atoms with Crippen LogP contribution in [0.5, 0.6) is 0 Å². The number of carbonyl (C=O) groups excluding carboxylic acids is 2. The third-order valence-corrected chi connectivity index (χ3v) is 5.71. The SMILES string of the molecule is CCNC(=O)c1c(NC(=O)C(CC)n2cccn2)sc2c1CCCC2. The Labute approximate surface area is 151 Å². The lowest BCUT2D eigenvalue weighted by Gasteiger charge is -2.16. The summed E-state index contributed by atoms with van der Waals surface area (Å²) in [6.45, 7) is 4.43. The molecule has 2 aromatic heterocycles. The molecule has 6 nitrogen and oxygen atoms in total. The minimum absolute atomic E-state index is 0.0932. The Morgan fingerprint density at radius 1 is 1.32 bits per heavy atom. The molecule has 1 unspecified atom stereocenters. The number of anilines is 1. The molecule has 0 bridgehead atoms. The maximum atomic E-state index is 12.8. The Balaban J connectivity index is 1.89. The molecule has 1 aliphatic carbocycles. The van der Waals surface area contributed by atoms with Gasteiger partial charge in [0.05, 0.1) is 5.56 Å². The van der Waals surface area contributed by atoms with E-state index in [1.54, 1.807) is 34.5 Å². The van der Waals surface area contributed by atoms with Gasteiger partial charge in [-0.3, -0.25) is 14.3 Å². The van der Waals surface area contributed by atoms with Gasteiger partial charge in [-0.25, -0.2) is 0 Å². The van der Waals surface area contributed by atoms with Crippen molar-refractivity contribution in [2.75, 3.05) is 11.9 Å². The van der Waals surface area contributed by atoms with Crippen LogP contribution < -0.4 is 10.6 Å². The van der Waals surface area contributed by atoms with Crippen LogP contribution in [0.4, 0.5) is 5.00 Å². The van der Waals surface area contributed by atoms with E-state index < -0.39 is 0 Å². The number of hydrogen-bond acceptors (Lipinski definition) is 4. The molecular weight excluding hydrogens is 336 g/mol. The van der Waals surface area contributed by atoms with Crippen molar-refractivity contribution >= 4 is 28.2 Å². The average molecular weight is 360 g/mol. The molecule has 2 aromatic rings. The third-order valence-electron chi connectivity index (χ3n) is 4.51. The molecule has 1 atom stereocenters. The summed E-state index contributed by atoms with van der Waals surface area (Å²) in [6, 6.07) is 1.43. The van der Waals surface area contributed by atoms with Gasteiger partial charge in [0.1, 0.15) is 11.0 Å². The monoisotopic (exact) mass is 360 g/mol. The lowest BCUT2D eigenvalue weighted by molar-refractivity contribution is -0.119. The van der Waals surface area contributed by atoms with E-state index in [4.69, 9.17) is 0 Å². The minimum atomic E-state index is -0.379. The van der Waals surface area contributed by atoms with Gasteiger partial charge in [0.25, 0.3) is 5.91 Å². The molecule has 0 radical (unpaired) electrons. The number of rotatable bonds is 6. The largest absolute Gasteiger partial charge is 0.352 e. The first-order valence-corrected chi connectivity index (χ1v) is 9.70. The zero-order chi connectivity index (χ0) is 17.8. The second-order valence-corrected chi connectivity index (χ2v) is 7.28. The average Bonchev–Trinajstić information content (AvgIpc) is 3.23. The number of nitrogens with one attached hydrogen (secondary N) is 2. The third kappa shape index (κ3) is 3.61. The number of thiophene rings is 1. The molecule has 0 aromatic carbocycles. The summed E-state index contributed by atoms with van der Waals surface area (Å²) >= 11 is 1.55. The molecule has 0 fully saturated rings. The summed E-state index contributed by atoms with van der Waals surface area (Å²) in [7, 11) is 0. The molecule has 134 valence electrons. The summed E-state index contributed by atoms with van der Waals surface area (Å²) in [6.07, 6.45) is 8.21. The zero-order valence-corrected chi connectivity index (χ0v) is 15.5. The van der Waals surface area contributed by atoms with Gasteiger partial charge in [0.15, 0.2) is 0 Å². The standard InChI is InChI=1S/C18H24N4O2S/c1-3-13(22-11-7-10-20-22)16(23)21-18-15(17(24)19-4-2)12-8-5-6-9-14(12)25-18/h7,10-11,13H,3-6,8-9H2,1-2H3,(H,19,24)(H,21,23). The predicted molar refractivity (Wildman–Crippen MR) is 99.2 cm³/mol. The molecule has 0 spiro atoms. The van der Waals surface area contributed by atoms with E-state index in [1.807, 2.05) is 13.8 Å². The number of carbonyl (C=O) groups is 2. The molecule has 2 heterocycles. The number of fused-ring (bicyclic) bond motifs is 1. The summed E-state index contributed by atoms with van der Waals surface area (Å²) in [5, 5.41) is 10.7. The maximum Gasteiger partial charge on any atom is 0.254 e. The van der Waals surface area contributed by atoms with E-state index in [-0.39, 0.29) is 17.9 Å². The zero-order valence-electron chi connectivity index (χ0n) is 14.7. The van der Waals surface area contributed by atoms with Crippen LogP contribution >= 0.6 is 11.3 Å². The Hall–Kier alpha value is -2.15. The highest BCUT2D eigenvalue weighted by molar-refractivity contribution is 7.17. The van der Waals surface area contributed by atoms with E-state index >= 15 is 0 Å². The molecular formula is C18H24N4O2S. The summed E-state index contributed by atoms with van der Waals surface area (Å²) < 4.78 is 1.66. The number of amides is 2. The smallest absolute Gasteiger partial charge is 0.254 e. The highest BCUT2D eigenvalue weighted by atomic mass is 32.1. The Bertz CT molecular complexity index is 751. The van der Waals surface area contributed by atoms with Crippen molar-refractivity contribution in [2.24, 2.45) is 0 Å². The van der Waals surface area contributed by atoms with Crippen molar-refractivity contribution < 1.29 is 9.59 Å². The first kappa shape index (κ1) is 17.7. The van der Waals surface area contributed by atoms with Crippen LogP contribution in [-0.2, 0) is 17.6 Å². The molecule has 0 aliphatic heterocycles. The first-order valence-electron chi connectivity index (χ1n) is 8.88. The van der Waals surface area contributed by atoms with Crippen LogP contribution in [0.1, 0.15) is 60.0 Å². The van der Waals surface area contributed by atoms with Crippen LogP contribution in [0.3, 0.4) is 0 Å². The maximum absolute atomic E-state index is 12.8. The summed E-state index contributed by atoms with van der Waals surface area (Å²) in [5.74, 6) is -0.223. The van der Waals surface area contributed by atoms with Crippen LogP contribution in [0, 0.1) is 0 Å². The lowest BCUT2D eigenvalue weighted by Crippen LogP contribution is -2.28. The summed E-state index contributed by atoms with van der Waals surface area (Å²) in [4.78, 5) is 26.6. The molecule has 2 N–H and O–H groups in total. The van der Waals surface area contributed by atoms with E-state index in [0.29, 0.717) is 23.5 Å². The normalized spacial score (nSPS) is 14.6. The fraction of sp³-hybridized carbons (Fsp3) is 0.500.